The predicted octanol–water partition coefficient (Wildman–Crippen LogP) is 3.10. The minimum atomic E-state index is 1.23. The Kier molecular flexibility index (Phi) is 9.11. The van der Waals surface area contributed by atoms with Gasteiger partial charge in [-0.05, 0) is 12.7 Å². The monoisotopic (exact) mass is 168 g/mol. The Labute approximate surface area is 64.0 Å². The van der Waals surface area contributed by atoms with Crippen LogP contribution in [0.4, 0.5) is 0 Å². The van der Waals surface area contributed by atoms with E-state index in [-0.39, 0.29) is 0 Å². The molecule has 0 fully saturated rings. The van der Waals surface area contributed by atoms with E-state index in [1.54, 1.807) is 0 Å². The second-order valence-electron chi connectivity index (χ2n) is 1.35. The lowest BCUT2D eigenvalue weighted by Gasteiger charge is -1.93. The van der Waals surface area contributed by atoms with Crippen LogP contribution in [0.1, 0.15) is 13.3 Å². The van der Waals surface area contributed by atoms with Crippen LogP contribution in [0.15, 0.2) is 0 Å². The Hall–Kier alpha value is 1.05. The van der Waals surface area contributed by atoms with Crippen LogP contribution in [0.2, 0.25) is 0 Å². The molecule has 0 nitrogen and oxygen atoms in total. The molecule has 8 heavy (non-hydrogen) atoms. The van der Waals surface area contributed by atoms with Crippen LogP contribution in [0.25, 0.3) is 0 Å². The molecule has 0 bridgehead atoms. The van der Waals surface area contributed by atoms with Gasteiger partial charge in [-0.3, -0.25) is 0 Å². The van der Waals surface area contributed by atoms with Crippen molar-refractivity contribution in [2.75, 3.05) is 17.1 Å². The molecule has 0 atom stereocenters. The first kappa shape index (κ1) is 9.05. The first-order valence-electron chi connectivity index (χ1n) is 2.65. The van der Waals surface area contributed by atoms with Crippen molar-refractivity contribution < 1.29 is 0 Å². The molecule has 0 unspecified atom stereocenters. The van der Waals surface area contributed by atoms with Crippen LogP contribution in [0, 0.1) is 0 Å². The molecular formula is C5H12S3. The van der Waals surface area contributed by atoms with Gasteiger partial charge in [0.05, 0.1) is 0 Å². The number of hydrogen-bond acceptors (Lipinski definition) is 3. The van der Waals surface area contributed by atoms with E-state index in [0.717, 1.165) is 0 Å². The zero-order chi connectivity index (χ0) is 6.24. The third kappa shape index (κ3) is 7.05. The first-order valence-corrected chi connectivity index (χ1v) is 6.53. The van der Waals surface area contributed by atoms with E-state index in [1.807, 2.05) is 33.3 Å². The first-order chi connectivity index (χ1) is 3.91. The Balaban J connectivity index is 2.53. The quantitative estimate of drug-likeness (QED) is 0.352. The smallest absolute Gasteiger partial charge is 0.0493 e. The molecule has 0 saturated carbocycles. The summed E-state index contributed by atoms with van der Waals surface area (Å²) in [5, 5.41) is 1.23. The molecule has 0 aromatic rings. The second kappa shape index (κ2) is 8.05. The van der Waals surface area contributed by atoms with Crippen molar-refractivity contribution in [1.29, 1.82) is 0 Å². The van der Waals surface area contributed by atoms with Gasteiger partial charge in [0.2, 0.25) is 0 Å². The molecule has 0 radical (unpaired) electrons. The fourth-order valence-electron chi connectivity index (χ4n) is 0.224. The second-order valence-corrected chi connectivity index (χ2v) is 5.16. The van der Waals surface area contributed by atoms with Gasteiger partial charge in [0.25, 0.3) is 0 Å². The third-order valence-electron chi connectivity index (χ3n) is 0.537. The standard InChI is InChI=1S/C5H12S3/c1-3-4-7-8-5-6-2/h3-5H2,1-2H3. The SMILES string of the molecule is CCCSSCSC. The molecule has 0 saturated heterocycles. The summed E-state index contributed by atoms with van der Waals surface area (Å²) in [5.41, 5.74) is 0. The maximum Gasteiger partial charge on any atom is 0.0493 e. The largest absolute Gasteiger partial charge is 0.154 e. The minimum absolute atomic E-state index is 1.23. The van der Waals surface area contributed by atoms with Crippen molar-refractivity contribution in [2.24, 2.45) is 0 Å². The third-order valence-corrected chi connectivity index (χ3v) is 4.47. The maximum atomic E-state index is 2.21. The van der Waals surface area contributed by atoms with Crippen LogP contribution < -0.4 is 0 Å². The topological polar surface area (TPSA) is 0 Å². The molecule has 0 N–H and O–H groups in total. The average Bonchev–Trinajstić information content (AvgIpc) is 1.81. The lowest BCUT2D eigenvalue weighted by atomic mass is 10.6. The molecule has 0 aliphatic rings. The van der Waals surface area contributed by atoms with E-state index in [9.17, 15) is 0 Å². The van der Waals surface area contributed by atoms with E-state index in [2.05, 4.69) is 13.2 Å². The molecule has 0 aliphatic heterocycles. The summed E-state index contributed by atoms with van der Waals surface area (Å²) in [6.07, 6.45) is 3.44. The molecule has 3 heteroatoms. The number of thioether (sulfide) groups is 1. The fraction of sp³-hybridized carbons (Fsp3) is 1.00. The molecule has 0 heterocycles. The summed E-state index contributed by atoms with van der Waals surface area (Å²) in [5.74, 6) is 1.30. The van der Waals surface area contributed by atoms with Gasteiger partial charge >= 0.3 is 0 Å². The van der Waals surface area contributed by atoms with E-state index in [1.165, 1.54) is 17.3 Å². The molecular weight excluding hydrogens is 156 g/mol. The molecule has 0 aromatic carbocycles. The van der Waals surface area contributed by atoms with E-state index in [4.69, 9.17) is 0 Å². The molecule has 0 amide bonds. The van der Waals surface area contributed by atoms with Gasteiger partial charge in [-0.15, -0.1) is 0 Å². The average molecular weight is 168 g/mol. The van der Waals surface area contributed by atoms with Gasteiger partial charge in [-0.1, -0.05) is 28.5 Å². The van der Waals surface area contributed by atoms with Crippen LogP contribution in [0.5, 0.6) is 0 Å². The highest BCUT2D eigenvalue weighted by Crippen LogP contribution is 2.24. The van der Waals surface area contributed by atoms with Crippen molar-refractivity contribution in [3.05, 3.63) is 0 Å². The fourth-order valence-corrected chi connectivity index (χ4v) is 3.50. The summed E-state index contributed by atoms with van der Waals surface area (Å²) in [6.45, 7) is 2.21. The van der Waals surface area contributed by atoms with Crippen molar-refractivity contribution in [1.82, 2.24) is 0 Å². The van der Waals surface area contributed by atoms with Crippen molar-refractivity contribution in [3.63, 3.8) is 0 Å². The lowest BCUT2D eigenvalue weighted by Crippen LogP contribution is -1.67. The highest BCUT2D eigenvalue weighted by Gasteiger charge is 1.84. The highest BCUT2D eigenvalue weighted by atomic mass is 33.1. The van der Waals surface area contributed by atoms with Crippen molar-refractivity contribution in [2.45, 2.75) is 13.3 Å². The Morgan fingerprint density at radius 3 is 2.50 bits per heavy atom. The molecule has 0 spiro atoms. The van der Waals surface area contributed by atoms with Gasteiger partial charge in [0.1, 0.15) is 0 Å². The predicted molar refractivity (Wildman–Crippen MR) is 48.7 cm³/mol. The molecule has 0 aliphatic carbocycles. The van der Waals surface area contributed by atoms with Crippen molar-refractivity contribution >= 4 is 33.3 Å². The van der Waals surface area contributed by atoms with E-state index >= 15 is 0 Å². The minimum Gasteiger partial charge on any atom is -0.154 e. The van der Waals surface area contributed by atoms with Crippen molar-refractivity contribution in [3.8, 4) is 0 Å². The molecule has 0 aromatic heterocycles. The summed E-state index contributed by atoms with van der Waals surface area (Å²) in [7, 11) is 3.93. The number of rotatable bonds is 5. The van der Waals surface area contributed by atoms with Crippen LogP contribution >= 0.6 is 33.3 Å². The van der Waals surface area contributed by atoms with Gasteiger partial charge in [-0.2, -0.15) is 11.8 Å². The summed E-state index contributed by atoms with van der Waals surface area (Å²) in [4.78, 5) is 0. The summed E-state index contributed by atoms with van der Waals surface area (Å²) < 4.78 is 0. The molecule has 0 rings (SSSR count). The maximum absolute atomic E-state index is 2.21. The zero-order valence-corrected chi connectivity index (χ0v) is 7.80. The number of hydrogen-bond donors (Lipinski definition) is 0. The van der Waals surface area contributed by atoms with Gasteiger partial charge in [0, 0.05) is 10.8 Å². The van der Waals surface area contributed by atoms with Crippen LogP contribution in [-0.4, -0.2) is 17.1 Å². The zero-order valence-electron chi connectivity index (χ0n) is 5.35. The van der Waals surface area contributed by atoms with Crippen LogP contribution in [0.3, 0.4) is 0 Å². The summed E-state index contributed by atoms with van der Waals surface area (Å²) >= 11 is 1.89. The van der Waals surface area contributed by atoms with Gasteiger partial charge in [-0.25, -0.2) is 0 Å². The van der Waals surface area contributed by atoms with E-state index in [0.29, 0.717) is 0 Å². The van der Waals surface area contributed by atoms with E-state index < -0.39 is 0 Å². The Morgan fingerprint density at radius 2 is 2.00 bits per heavy atom. The lowest BCUT2D eigenvalue weighted by molar-refractivity contribution is 1.11. The highest BCUT2D eigenvalue weighted by molar-refractivity contribution is 8.78. The van der Waals surface area contributed by atoms with Gasteiger partial charge in [0.15, 0.2) is 0 Å². The normalized spacial score (nSPS) is 9.75. The van der Waals surface area contributed by atoms with Gasteiger partial charge < -0.3 is 0 Å². The van der Waals surface area contributed by atoms with Crippen LogP contribution in [-0.2, 0) is 0 Å². The summed E-state index contributed by atoms with van der Waals surface area (Å²) in [6, 6.07) is 0. The Morgan fingerprint density at radius 1 is 1.25 bits per heavy atom. The Bertz CT molecular complexity index is 32.7. The molecule has 50 valence electrons.